The van der Waals surface area contributed by atoms with E-state index in [9.17, 15) is 8.42 Å². The lowest BCUT2D eigenvalue weighted by molar-refractivity contribution is 0.126. The maximum absolute atomic E-state index is 12.0. The van der Waals surface area contributed by atoms with Crippen LogP contribution in [0.4, 0.5) is 0 Å². The van der Waals surface area contributed by atoms with Gasteiger partial charge in [-0.3, -0.25) is 0 Å². The number of nitrogens with zero attached hydrogens (tertiary/aromatic N) is 1. The van der Waals surface area contributed by atoms with E-state index in [2.05, 4.69) is 5.32 Å². The van der Waals surface area contributed by atoms with Crippen molar-refractivity contribution >= 4 is 22.4 Å². The molecule has 0 aromatic rings. The Hall–Kier alpha value is 0.120. The molecule has 16 heavy (non-hydrogen) atoms. The Kier molecular flexibility index (Phi) is 5.46. The van der Waals surface area contributed by atoms with Gasteiger partial charge in [0.1, 0.15) is 0 Å². The van der Waals surface area contributed by atoms with Crippen LogP contribution in [0, 0.1) is 0 Å². The van der Waals surface area contributed by atoms with Gasteiger partial charge in [-0.05, 0) is 12.8 Å². The molecule has 0 aliphatic carbocycles. The molecule has 2 rings (SSSR count). The number of piperazine rings is 1. The van der Waals surface area contributed by atoms with Gasteiger partial charge in [0.2, 0.25) is 10.0 Å². The van der Waals surface area contributed by atoms with Crippen LogP contribution < -0.4 is 5.32 Å². The molecular formula is C9H19ClN2O3S. The van der Waals surface area contributed by atoms with Crippen molar-refractivity contribution in [1.29, 1.82) is 0 Å². The first kappa shape index (κ1) is 14.2. The van der Waals surface area contributed by atoms with E-state index in [0.29, 0.717) is 19.7 Å². The van der Waals surface area contributed by atoms with E-state index in [1.165, 1.54) is 0 Å². The van der Waals surface area contributed by atoms with Gasteiger partial charge in [-0.25, -0.2) is 8.42 Å². The predicted molar refractivity (Wildman–Crippen MR) is 64.5 cm³/mol. The lowest BCUT2D eigenvalue weighted by atomic mass is 10.3. The van der Waals surface area contributed by atoms with Crippen molar-refractivity contribution in [2.75, 3.05) is 38.5 Å². The number of halogens is 1. The Balaban J connectivity index is 0.00000128. The van der Waals surface area contributed by atoms with Gasteiger partial charge in [0.05, 0.1) is 11.9 Å². The Morgan fingerprint density at radius 1 is 1.31 bits per heavy atom. The van der Waals surface area contributed by atoms with Crippen LogP contribution in [0.25, 0.3) is 0 Å². The molecular weight excluding hydrogens is 252 g/mol. The van der Waals surface area contributed by atoms with Gasteiger partial charge >= 0.3 is 0 Å². The summed E-state index contributed by atoms with van der Waals surface area (Å²) >= 11 is 0. The molecule has 7 heteroatoms. The van der Waals surface area contributed by atoms with Gasteiger partial charge in [-0.2, -0.15) is 4.31 Å². The maximum atomic E-state index is 12.0. The summed E-state index contributed by atoms with van der Waals surface area (Å²) in [4.78, 5) is 0. The van der Waals surface area contributed by atoms with Gasteiger partial charge in [-0.1, -0.05) is 0 Å². The molecule has 1 atom stereocenters. The summed E-state index contributed by atoms with van der Waals surface area (Å²) < 4.78 is 30.9. The highest BCUT2D eigenvalue weighted by Crippen LogP contribution is 2.16. The summed E-state index contributed by atoms with van der Waals surface area (Å²) in [7, 11) is -3.10. The van der Waals surface area contributed by atoms with Crippen LogP contribution in [-0.4, -0.2) is 57.4 Å². The van der Waals surface area contributed by atoms with Crippen LogP contribution in [0.2, 0.25) is 0 Å². The fourth-order valence-electron chi connectivity index (χ4n) is 2.04. The molecule has 2 aliphatic heterocycles. The SMILES string of the molecule is Cl.O=S(=O)(CC1CCCO1)N1CCNCC1. The fourth-order valence-corrected chi connectivity index (χ4v) is 3.72. The van der Waals surface area contributed by atoms with Crippen molar-refractivity contribution in [3.05, 3.63) is 0 Å². The number of ether oxygens (including phenoxy) is 1. The monoisotopic (exact) mass is 270 g/mol. The van der Waals surface area contributed by atoms with E-state index in [1.807, 2.05) is 0 Å². The molecule has 2 aliphatic rings. The molecule has 0 bridgehead atoms. The first-order chi connectivity index (χ1) is 7.18. The first-order valence-corrected chi connectivity index (χ1v) is 7.09. The number of hydrogen-bond acceptors (Lipinski definition) is 4. The average Bonchev–Trinajstić information content (AvgIpc) is 2.71. The molecule has 0 spiro atoms. The van der Waals surface area contributed by atoms with E-state index in [1.54, 1.807) is 4.31 Å². The maximum Gasteiger partial charge on any atom is 0.216 e. The van der Waals surface area contributed by atoms with Crippen molar-refractivity contribution in [3.63, 3.8) is 0 Å². The van der Waals surface area contributed by atoms with Crippen LogP contribution >= 0.6 is 12.4 Å². The van der Waals surface area contributed by atoms with Crippen LogP contribution in [0.15, 0.2) is 0 Å². The number of sulfonamides is 1. The van der Waals surface area contributed by atoms with Gasteiger partial charge < -0.3 is 10.1 Å². The molecule has 0 aromatic carbocycles. The molecule has 2 heterocycles. The van der Waals surface area contributed by atoms with E-state index in [4.69, 9.17) is 4.74 Å². The van der Waals surface area contributed by atoms with Crippen LogP contribution in [0.3, 0.4) is 0 Å². The quantitative estimate of drug-likeness (QED) is 0.773. The van der Waals surface area contributed by atoms with Gasteiger partial charge in [0.15, 0.2) is 0 Å². The molecule has 2 fully saturated rings. The predicted octanol–water partition coefficient (Wildman–Crippen LogP) is -0.178. The molecule has 0 aromatic heterocycles. The van der Waals surface area contributed by atoms with Gasteiger partial charge in [0.25, 0.3) is 0 Å². The molecule has 5 nitrogen and oxygen atoms in total. The molecule has 0 amide bonds. The van der Waals surface area contributed by atoms with Crippen LogP contribution in [0.1, 0.15) is 12.8 Å². The van der Waals surface area contributed by atoms with Crippen molar-refractivity contribution in [1.82, 2.24) is 9.62 Å². The zero-order valence-electron chi connectivity index (χ0n) is 9.22. The molecule has 96 valence electrons. The topological polar surface area (TPSA) is 58.6 Å². The minimum absolute atomic E-state index is 0. The Bertz CT molecular complexity index is 298. The van der Waals surface area contributed by atoms with Crippen molar-refractivity contribution in [2.24, 2.45) is 0 Å². The molecule has 1 N–H and O–H groups in total. The van der Waals surface area contributed by atoms with Crippen LogP contribution in [-0.2, 0) is 14.8 Å². The lowest BCUT2D eigenvalue weighted by Gasteiger charge is -2.27. The molecule has 0 saturated carbocycles. The van der Waals surface area contributed by atoms with Crippen molar-refractivity contribution in [3.8, 4) is 0 Å². The summed E-state index contributed by atoms with van der Waals surface area (Å²) in [6, 6.07) is 0. The second-order valence-corrected chi connectivity index (χ2v) is 6.08. The zero-order valence-corrected chi connectivity index (χ0v) is 10.9. The second kappa shape index (κ2) is 6.16. The molecule has 1 unspecified atom stereocenters. The number of hydrogen-bond donors (Lipinski definition) is 1. The second-order valence-electron chi connectivity index (χ2n) is 4.06. The summed E-state index contributed by atoms with van der Waals surface area (Å²) in [5.74, 6) is 0.160. The first-order valence-electron chi connectivity index (χ1n) is 5.49. The normalized spacial score (nSPS) is 27.6. The van der Waals surface area contributed by atoms with E-state index in [-0.39, 0.29) is 24.3 Å². The standard InChI is InChI=1S/C9H18N2O3S.ClH/c12-15(13,8-9-2-1-7-14-9)11-5-3-10-4-6-11;/h9-10H,1-8H2;1H. The lowest BCUT2D eigenvalue weighted by Crippen LogP contribution is -2.48. The molecule has 2 saturated heterocycles. The van der Waals surface area contributed by atoms with Gasteiger partial charge in [-0.15, -0.1) is 12.4 Å². The highest BCUT2D eigenvalue weighted by molar-refractivity contribution is 7.89. The third-order valence-electron chi connectivity index (χ3n) is 2.89. The fraction of sp³-hybridized carbons (Fsp3) is 1.00. The third kappa shape index (κ3) is 3.56. The minimum atomic E-state index is -3.10. The highest BCUT2D eigenvalue weighted by Gasteiger charge is 2.29. The smallest absolute Gasteiger partial charge is 0.216 e. The molecule has 0 radical (unpaired) electrons. The third-order valence-corrected chi connectivity index (χ3v) is 4.83. The summed E-state index contributed by atoms with van der Waals surface area (Å²) in [5, 5.41) is 3.14. The average molecular weight is 271 g/mol. The Morgan fingerprint density at radius 3 is 2.56 bits per heavy atom. The minimum Gasteiger partial charge on any atom is -0.377 e. The summed E-state index contributed by atoms with van der Waals surface area (Å²) in [6.45, 7) is 3.40. The number of nitrogens with one attached hydrogen (secondary N) is 1. The van der Waals surface area contributed by atoms with E-state index < -0.39 is 10.0 Å². The van der Waals surface area contributed by atoms with E-state index in [0.717, 1.165) is 25.9 Å². The zero-order chi connectivity index (χ0) is 10.7. The largest absolute Gasteiger partial charge is 0.377 e. The summed E-state index contributed by atoms with van der Waals surface area (Å²) in [5.41, 5.74) is 0. The van der Waals surface area contributed by atoms with Crippen molar-refractivity contribution in [2.45, 2.75) is 18.9 Å². The van der Waals surface area contributed by atoms with Crippen molar-refractivity contribution < 1.29 is 13.2 Å². The Labute approximate surface area is 103 Å². The summed E-state index contributed by atoms with van der Waals surface area (Å²) in [6.07, 6.45) is 1.79. The highest BCUT2D eigenvalue weighted by atomic mass is 35.5. The Morgan fingerprint density at radius 2 is 2.00 bits per heavy atom. The number of rotatable bonds is 3. The van der Waals surface area contributed by atoms with Crippen LogP contribution in [0.5, 0.6) is 0 Å². The van der Waals surface area contributed by atoms with E-state index >= 15 is 0 Å². The van der Waals surface area contributed by atoms with Gasteiger partial charge in [0, 0.05) is 32.8 Å².